The van der Waals surface area contributed by atoms with Gasteiger partial charge in [0.2, 0.25) is 10.0 Å². The first-order valence-corrected chi connectivity index (χ1v) is 9.03. The van der Waals surface area contributed by atoms with Crippen LogP contribution in [-0.2, 0) is 10.0 Å². The zero-order chi connectivity index (χ0) is 18.7. The monoisotopic (exact) mass is 374 g/mol. The van der Waals surface area contributed by atoms with E-state index in [9.17, 15) is 17.6 Å². The summed E-state index contributed by atoms with van der Waals surface area (Å²) in [5.74, 6) is -1.02. The number of benzene rings is 2. The van der Waals surface area contributed by atoms with Gasteiger partial charge in [0.1, 0.15) is 5.69 Å². The van der Waals surface area contributed by atoms with E-state index in [1.807, 2.05) is 0 Å². The lowest BCUT2D eigenvalue weighted by Gasteiger charge is -2.09. The highest BCUT2D eigenvalue weighted by atomic mass is 32.2. The molecule has 7 nitrogen and oxygen atoms in total. The summed E-state index contributed by atoms with van der Waals surface area (Å²) >= 11 is 0. The van der Waals surface area contributed by atoms with E-state index in [0.717, 1.165) is 0 Å². The third-order valence-electron chi connectivity index (χ3n) is 3.65. The normalized spacial score (nSPS) is 11.3. The number of anilines is 1. The Hall–Kier alpha value is -3.04. The van der Waals surface area contributed by atoms with Crippen LogP contribution < -0.4 is 10.0 Å². The fourth-order valence-electron chi connectivity index (χ4n) is 2.29. The number of hydrogen-bond acceptors (Lipinski definition) is 4. The summed E-state index contributed by atoms with van der Waals surface area (Å²) in [5.41, 5.74) is 0.779. The molecule has 2 aromatic carbocycles. The highest BCUT2D eigenvalue weighted by molar-refractivity contribution is 7.89. The van der Waals surface area contributed by atoms with E-state index in [2.05, 4.69) is 15.1 Å². The second-order valence-electron chi connectivity index (χ2n) is 5.30. The van der Waals surface area contributed by atoms with Crippen LogP contribution in [0.15, 0.2) is 65.8 Å². The van der Waals surface area contributed by atoms with Gasteiger partial charge >= 0.3 is 0 Å². The molecular formula is C17H15FN4O3S. The molecule has 0 bridgehead atoms. The molecule has 1 aromatic heterocycles. The van der Waals surface area contributed by atoms with Gasteiger partial charge in [0.05, 0.1) is 4.90 Å². The second kappa shape index (κ2) is 7.06. The van der Waals surface area contributed by atoms with E-state index in [0.29, 0.717) is 0 Å². The van der Waals surface area contributed by atoms with E-state index in [1.54, 1.807) is 18.3 Å². The van der Waals surface area contributed by atoms with Gasteiger partial charge in [-0.05, 0) is 55.6 Å². The van der Waals surface area contributed by atoms with E-state index in [1.165, 1.54) is 54.3 Å². The highest BCUT2D eigenvalue weighted by Gasteiger charge is 2.13. The van der Waals surface area contributed by atoms with Crippen LogP contribution in [0.2, 0.25) is 0 Å². The SMILES string of the molecule is CNS(=O)(=O)c1ccc(C(=O)Nc2ccc(-n3cccn3)c(F)c2)cc1. The van der Waals surface area contributed by atoms with Crippen LogP contribution in [-0.4, -0.2) is 31.2 Å². The third-order valence-corrected chi connectivity index (χ3v) is 5.08. The van der Waals surface area contributed by atoms with E-state index >= 15 is 0 Å². The summed E-state index contributed by atoms with van der Waals surface area (Å²) < 4.78 is 41.1. The molecule has 26 heavy (non-hydrogen) atoms. The maximum absolute atomic E-state index is 14.2. The van der Waals surface area contributed by atoms with Gasteiger partial charge in [-0.15, -0.1) is 0 Å². The standard InChI is InChI=1S/C17H15FN4O3S/c1-19-26(24,25)14-6-3-12(4-7-14)17(23)21-13-5-8-16(15(18)11-13)22-10-2-9-20-22/h2-11,19H,1H3,(H,21,23). The van der Waals surface area contributed by atoms with Gasteiger partial charge in [0.25, 0.3) is 5.91 Å². The molecule has 0 saturated heterocycles. The minimum absolute atomic E-state index is 0.0474. The zero-order valence-corrected chi connectivity index (χ0v) is 14.5. The molecule has 0 spiro atoms. The molecule has 1 heterocycles. The molecule has 0 saturated carbocycles. The Bertz CT molecular complexity index is 1030. The average molecular weight is 374 g/mol. The first-order chi connectivity index (χ1) is 12.4. The summed E-state index contributed by atoms with van der Waals surface area (Å²) in [7, 11) is -2.27. The van der Waals surface area contributed by atoms with Crippen molar-refractivity contribution in [2.24, 2.45) is 0 Å². The van der Waals surface area contributed by atoms with Gasteiger partial charge in [-0.2, -0.15) is 5.10 Å². The minimum Gasteiger partial charge on any atom is -0.322 e. The molecule has 3 aromatic rings. The fraction of sp³-hybridized carbons (Fsp3) is 0.0588. The first-order valence-electron chi connectivity index (χ1n) is 7.55. The molecule has 0 atom stereocenters. The maximum atomic E-state index is 14.2. The van der Waals surface area contributed by atoms with Crippen LogP contribution in [0.1, 0.15) is 10.4 Å². The Kier molecular flexibility index (Phi) is 4.83. The molecule has 0 fully saturated rings. The van der Waals surface area contributed by atoms with Crippen LogP contribution in [0, 0.1) is 5.82 Å². The van der Waals surface area contributed by atoms with Crippen molar-refractivity contribution in [2.75, 3.05) is 12.4 Å². The Morgan fingerprint density at radius 1 is 1.15 bits per heavy atom. The fourth-order valence-corrected chi connectivity index (χ4v) is 3.02. The van der Waals surface area contributed by atoms with Crippen molar-refractivity contribution < 1.29 is 17.6 Å². The summed E-state index contributed by atoms with van der Waals surface area (Å²) in [6.45, 7) is 0. The zero-order valence-electron chi connectivity index (χ0n) is 13.7. The lowest BCUT2D eigenvalue weighted by atomic mass is 10.2. The van der Waals surface area contributed by atoms with Crippen molar-refractivity contribution in [3.05, 3.63) is 72.3 Å². The number of aromatic nitrogens is 2. The quantitative estimate of drug-likeness (QED) is 0.716. The summed E-state index contributed by atoms with van der Waals surface area (Å²) in [5, 5.41) is 6.53. The molecule has 9 heteroatoms. The number of carbonyl (C=O) groups is 1. The smallest absolute Gasteiger partial charge is 0.255 e. The lowest BCUT2D eigenvalue weighted by molar-refractivity contribution is 0.102. The number of nitrogens with one attached hydrogen (secondary N) is 2. The van der Waals surface area contributed by atoms with Crippen molar-refractivity contribution in [3.63, 3.8) is 0 Å². The number of nitrogens with zero attached hydrogens (tertiary/aromatic N) is 2. The van der Waals surface area contributed by atoms with Gasteiger partial charge < -0.3 is 5.32 Å². The number of carbonyl (C=O) groups excluding carboxylic acids is 1. The summed E-state index contributed by atoms with van der Waals surface area (Å²) in [6.07, 6.45) is 3.14. The Morgan fingerprint density at radius 2 is 1.88 bits per heavy atom. The number of halogens is 1. The van der Waals surface area contributed by atoms with Gasteiger partial charge in [-0.25, -0.2) is 22.2 Å². The van der Waals surface area contributed by atoms with E-state index < -0.39 is 21.7 Å². The molecule has 3 rings (SSSR count). The lowest BCUT2D eigenvalue weighted by Crippen LogP contribution is -2.19. The van der Waals surface area contributed by atoms with Crippen LogP contribution in [0.4, 0.5) is 10.1 Å². The molecule has 2 N–H and O–H groups in total. The molecule has 0 aliphatic heterocycles. The van der Waals surface area contributed by atoms with Crippen LogP contribution in [0.25, 0.3) is 5.69 Å². The number of sulfonamides is 1. The van der Waals surface area contributed by atoms with Crippen molar-refractivity contribution >= 4 is 21.6 Å². The molecule has 0 radical (unpaired) electrons. The summed E-state index contributed by atoms with van der Waals surface area (Å²) in [6, 6.07) is 11.3. The molecular weight excluding hydrogens is 359 g/mol. The van der Waals surface area contributed by atoms with Crippen LogP contribution in [0.5, 0.6) is 0 Å². The van der Waals surface area contributed by atoms with Crippen LogP contribution in [0.3, 0.4) is 0 Å². The molecule has 0 aliphatic carbocycles. The Morgan fingerprint density at radius 3 is 2.46 bits per heavy atom. The average Bonchev–Trinajstić information content (AvgIpc) is 3.16. The van der Waals surface area contributed by atoms with Gasteiger partial charge in [-0.3, -0.25) is 4.79 Å². The predicted molar refractivity (Wildman–Crippen MR) is 94.2 cm³/mol. The molecule has 0 aliphatic rings. The third kappa shape index (κ3) is 3.63. The van der Waals surface area contributed by atoms with E-state index in [-0.39, 0.29) is 21.8 Å². The van der Waals surface area contributed by atoms with Crippen molar-refractivity contribution in [1.82, 2.24) is 14.5 Å². The predicted octanol–water partition coefficient (Wildman–Crippen LogP) is 2.17. The minimum atomic E-state index is -3.57. The largest absolute Gasteiger partial charge is 0.322 e. The number of rotatable bonds is 5. The number of amides is 1. The van der Waals surface area contributed by atoms with Crippen molar-refractivity contribution in [2.45, 2.75) is 4.90 Å². The van der Waals surface area contributed by atoms with Crippen molar-refractivity contribution in [3.8, 4) is 5.69 Å². The van der Waals surface area contributed by atoms with Gasteiger partial charge in [-0.1, -0.05) is 0 Å². The second-order valence-corrected chi connectivity index (χ2v) is 7.19. The van der Waals surface area contributed by atoms with E-state index in [4.69, 9.17) is 0 Å². The summed E-state index contributed by atoms with van der Waals surface area (Å²) in [4.78, 5) is 12.3. The number of hydrogen-bond donors (Lipinski definition) is 2. The first kappa shape index (κ1) is 17.8. The molecule has 1 amide bonds. The molecule has 134 valence electrons. The maximum Gasteiger partial charge on any atom is 0.255 e. The van der Waals surface area contributed by atoms with Gasteiger partial charge in [0.15, 0.2) is 5.82 Å². The van der Waals surface area contributed by atoms with Crippen molar-refractivity contribution in [1.29, 1.82) is 0 Å². The molecule has 0 unspecified atom stereocenters. The highest BCUT2D eigenvalue weighted by Crippen LogP contribution is 2.19. The Balaban J connectivity index is 1.77. The van der Waals surface area contributed by atoms with Gasteiger partial charge in [0, 0.05) is 23.6 Å². The van der Waals surface area contributed by atoms with Crippen LogP contribution >= 0.6 is 0 Å². The topological polar surface area (TPSA) is 93.1 Å². The Labute approximate surface area is 149 Å².